The maximum atomic E-state index is 12.7. The summed E-state index contributed by atoms with van der Waals surface area (Å²) < 4.78 is 27.9. The second-order valence-corrected chi connectivity index (χ2v) is 9.83. The summed E-state index contributed by atoms with van der Waals surface area (Å²) in [6.07, 6.45) is 6.63. The normalized spacial score (nSPS) is 11.3. The first-order valence-electron chi connectivity index (χ1n) is 9.80. The van der Waals surface area contributed by atoms with Crippen LogP contribution >= 0.6 is 34.8 Å². The summed E-state index contributed by atoms with van der Waals surface area (Å²) in [7, 11) is -3.98. The lowest BCUT2D eigenvalue weighted by atomic mass is 10.1. The molecule has 1 amide bonds. The minimum Gasteiger partial charge on any atom is -0.352 e. The number of carbonyl (C=O) groups is 1. The van der Waals surface area contributed by atoms with E-state index in [0.29, 0.717) is 11.6 Å². The van der Waals surface area contributed by atoms with Gasteiger partial charge in [0.05, 0.1) is 26.2 Å². The van der Waals surface area contributed by atoms with Crippen LogP contribution in [0.4, 0.5) is 5.69 Å². The molecule has 30 heavy (non-hydrogen) atoms. The number of nitrogens with one attached hydrogen (secondary N) is 2. The molecule has 9 heteroatoms. The minimum atomic E-state index is -3.98. The summed E-state index contributed by atoms with van der Waals surface area (Å²) in [4.78, 5) is 12.6. The van der Waals surface area contributed by atoms with Gasteiger partial charge in [-0.15, -0.1) is 0 Å². The molecule has 0 aliphatic rings. The molecular weight excluding hydrogens is 467 g/mol. The Balaban J connectivity index is 2.08. The SMILES string of the molecule is CCCCCCCCNC(=O)c1cc(Cl)ccc1NS(=O)(=O)c1ccc(Cl)c(Cl)c1. The molecule has 2 aromatic carbocycles. The Hall–Kier alpha value is -1.47. The Bertz CT molecular complexity index is 981. The average Bonchev–Trinajstić information content (AvgIpc) is 2.70. The van der Waals surface area contributed by atoms with Crippen molar-refractivity contribution in [1.82, 2.24) is 5.32 Å². The molecule has 5 nitrogen and oxygen atoms in total. The van der Waals surface area contributed by atoms with Crippen LogP contribution in [0.2, 0.25) is 15.1 Å². The zero-order valence-corrected chi connectivity index (χ0v) is 19.8. The Labute approximate surface area is 193 Å². The van der Waals surface area contributed by atoms with E-state index < -0.39 is 15.9 Å². The molecule has 0 atom stereocenters. The van der Waals surface area contributed by atoms with Gasteiger partial charge in [0.2, 0.25) is 0 Å². The zero-order chi connectivity index (χ0) is 22.1. The molecule has 0 bridgehead atoms. The number of halogens is 3. The van der Waals surface area contributed by atoms with Gasteiger partial charge in [-0.2, -0.15) is 0 Å². The fourth-order valence-corrected chi connectivity index (χ4v) is 4.48. The van der Waals surface area contributed by atoms with E-state index in [1.54, 1.807) is 0 Å². The van der Waals surface area contributed by atoms with Crippen LogP contribution in [0.3, 0.4) is 0 Å². The van der Waals surface area contributed by atoms with Gasteiger partial charge in [0.15, 0.2) is 0 Å². The summed E-state index contributed by atoms with van der Waals surface area (Å²) in [5.41, 5.74) is 0.281. The van der Waals surface area contributed by atoms with Crippen LogP contribution in [0.5, 0.6) is 0 Å². The van der Waals surface area contributed by atoms with E-state index in [-0.39, 0.29) is 26.2 Å². The van der Waals surface area contributed by atoms with Crippen LogP contribution in [0, 0.1) is 0 Å². The number of hydrogen-bond donors (Lipinski definition) is 2. The molecule has 2 rings (SSSR count). The summed E-state index contributed by atoms with van der Waals surface area (Å²) in [6, 6.07) is 8.39. The third-order valence-corrected chi connectivity index (χ3v) is 6.83. The van der Waals surface area contributed by atoms with Crippen molar-refractivity contribution in [1.29, 1.82) is 0 Å². The van der Waals surface area contributed by atoms with Gasteiger partial charge >= 0.3 is 0 Å². The Morgan fingerprint density at radius 1 is 0.900 bits per heavy atom. The van der Waals surface area contributed by atoms with Gasteiger partial charge in [-0.25, -0.2) is 8.42 Å². The molecular formula is C21H25Cl3N2O3S. The van der Waals surface area contributed by atoms with Crippen molar-refractivity contribution in [3.8, 4) is 0 Å². The summed E-state index contributed by atoms with van der Waals surface area (Å²) in [5, 5.41) is 3.52. The molecule has 0 spiro atoms. The highest BCUT2D eigenvalue weighted by molar-refractivity contribution is 7.92. The second kappa shape index (κ2) is 11.8. The van der Waals surface area contributed by atoms with Crippen LogP contribution in [0.15, 0.2) is 41.3 Å². The fourth-order valence-electron chi connectivity index (χ4n) is 2.84. The highest BCUT2D eigenvalue weighted by Gasteiger charge is 2.20. The predicted octanol–water partition coefficient (Wildman–Crippen LogP) is 6.54. The maximum absolute atomic E-state index is 12.7. The standard InChI is InChI=1S/C21H25Cl3N2O3S/c1-2-3-4-5-6-7-12-25-21(27)17-13-15(22)8-11-20(17)26-30(28,29)16-9-10-18(23)19(24)14-16/h8-11,13-14,26H,2-7,12H2,1H3,(H,25,27). The van der Waals surface area contributed by atoms with Gasteiger partial charge in [-0.05, 0) is 42.8 Å². The Morgan fingerprint density at radius 2 is 1.60 bits per heavy atom. The van der Waals surface area contributed by atoms with E-state index in [4.69, 9.17) is 34.8 Å². The van der Waals surface area contributed by atoms with E-state index in [1.807, 2.05) is 0 Å². The summed E-state index contributed by atoms with van der Waals surface area (Å²) in [6.45, 7) is 2.68. The molecule has 0 aliphatic heterocycles. The smallest absolute Gasteiger partial charge is 0.261 e. The highest BCUT2D eigenvalue weighted by atomic mass is 35.5. The lowest BCUT2D eigenvalue weighted by Crippen LogP contribution is -2.26. The number of rotatable bonds is 11. The summed E-state index contributed by atoms with van der Waals surface area (Å²) >= 11 is 17.8. The van der Waals surface area contributed by atoms with Crippen LogP contribution in [-0.4, -0.2) is 20.9 Å². The molecule has 164 valence electrons. The van der Waals surface area contributed by atoms with Crippen LogP contribution < -0.4 is 10.0 Å². The van der Waals surface area contributed by atoms with Gasteiger partial charge in [0.1, 0.15) is 0 Å². The van der Waals surface area contributed by atoms with Gasteiger partial charge in [0.25, 0.3) is 15.9 Å². The third kappa shape index (κ3) is 7.34. The lowest BCUT2D eigenvalue weighted by molar-refractivity contribution is 0.0954. The van der Waals surface area contributed by atoms with Crippen molar-refractivity contribution in [2.24, 2.45) is 0 Å². The Kier molecular flexibility index (Phi) is 9.75. The molecule has 2 N–H and O–H groups in total. The molecule has 0 saturated heterocycles. The number of anilines is 1. The minimum absolute atomic E-state index is 0.0645. The fraction of sp³-hybridized carbons (Fsp3) is 0.381. The number of benzene rings is 2. The Morgan fingerprint density at radius 3 is 2.30 bits per heavy atom. The largest absolute Gasteiger partial charge is 0.352 e. The van der Waals surface area contributed by atoms with Gasteiger partial charge < -0.3 is 5.32 Å². The molecule has 0 heterocycles. The monoisotopic (exact) mass is 490 g/mol. The quantitative estimate of drug-likeness (QED) is 0.350. The van der Waals surface area contributed by atoms with Crippen LogP contribution in [0.1, 0.15) is 55.8 Å². The van der Waals surface area contributed by atoms with Gasteiger partial charge in [-0.1, -0.05) is 73.8 Å². The van der Waals surface area contributed by atoms with Crippen molar-refractivity contribution < 1.29 is 13.2 Å². The number of hydrogen-bond acceptors (Lipinski definition) is 3. The third-order valence-electron chi connectivity index (χ3n) is 4.49. The van der Waals surface area contributed by atoms with Crippen LogP contribution in [0.25, 0.3) is 0 Å². The molecule has 2 aromatic rings. The number of amides is 1. The molecule has 0 saturated carbocycles. The van der Waals surface area contributed by atoms with E-state index in [2.05, 4.69) is 17.0 Å². The molecule has 0 unspecified atom stereocenters. The van der Waals surface area contributed by atoms with Gasteiger partial charge in [-0.3, -0.25) is 9.52 Å². The number of carbonyl (C=O) groups excluding carboxylic acids is 1. The van der Waals surface area contributed by atoms with E-state index in [1.165, 1.54) is 55.7 Å². The number of sulfonamides is 1. The van der Waals surface area contributed by atoms with Crippen LogP contribution in [-0.2, 0) is 10.0 Å². The number of unbranched alkanes of at least 4 members (excludes halogenated alkanes) is 5. The zero-order valence-electron chi connectivity index (χ0n) is 16.7. The van der Waals surface area contributed by atoms with Crippen molar-refractivity contribution in [3.63, 3.8) is 0 Å². The van der Waals surface area contributed by atoms with E-state index in [0.717, 1.165) is 19.3 Å². The topological polar surface area (TPSA) is 75.3 Å². The second-order valence-electron chi connectivity index (χ2n) is 6.89. The van der Waals surface area contributed by atoms with E-state index >= 15 is 0 Å². The van der Waals surface area contributed by atoms with Crippen molar-refractivity contribution >= 4 is 56.4 Å². The molecule has 0 aliphatic carbocycles. The molecule has 0 fully saturated rings. The first-order valence-corrected chi connectivity index (χ1v) is 12.4. The first kappa shape index (κ1) is 24.8. The molecule has 0 radical (unpaired) electrons. The maximum Gasteiger partial charge on any atom is 0.261 e. The van der Waals surface area contributed by atoms with Crippen molar-refractivity contribution in [2.75, 3.05) is 11.3 Å². The summed E-state index contributed by atoms with van der Waals surface area (Å²) in [5.74, 6) is -0.391. The highest BCUT2D eigenvalue weighted by Crippen LogP contribution is 2.28. The van der Waals surface area contributed by atoms with Crippen molar-refractivity contribution in [2.45, 2.75) is 50.3 Å². The predicted molar refractivity (Wildman–Crippen MR) is 124 cm³/mol. The first-order chi connectivity index (χ1) is 14.2. The lowest BCUT2D eigenvalue weighted by Gasteiger charge is -2.14. The van der Waals surface area contributed by atoms with E-state index in [9.17, 15) is 13.2 Å². The molecule has 0 aromatic heterocycles. The van der Waals surface area contributed by atoms with Crippen molar-refractivity contribution in [3.05, 3.63) is 57.0 Å². The average molecular weight is 492 g/mol. The van der Waals surface area contributed by atoms with Gasteiger partial charge in [0, 0.05) is 11.6 Å².